The van der Waals surface area contributed by atoms with Crippen LogP contribution >= 0.6 is 0 Å². The Balaban J connectivity index is 1.63. The van der Waals surface area contributed by atoms with Crippen LogP contribution in [-0.4, -0.2) is 34.0 Å². The Bertz CT molecular complexity index is 638. The number of rotatable bonds is 4. The van der Waals surface area contributed by atoms with Gasteiger partial charge in [0.25, 0.3) is 5.91 Å². The third-order valence-electron chi connectivity index (χ3n) is 4.20. The minimum atomic E-state index is 0.0190. The summed E-state index contributed by atoms with van der Waals surface area (Å²) in [5.74, 6) is 1.07. The van der Waals surface area contributed by atoms with Gasteiger partial charge in [-0.15, -0.1) is 0 Å². The summed E-state index contributed by atoms with van der Waals surface area (Å²) in [6.45, 7) is 3.81. The summed E-state index contributed by atoms with van der Waals surface area (Å²) in [4.78, 5) is 18.6. The second-order valence-corrected chi connectivity index (χ2v) is 5.74. The van der Waals surface area contributed by atoms with Crippen molar-refractivity contribution in [2.24, 2.45) is 0 Å². The Labute approximate surface area is 125 Å². The lowest BCUT2D eigenvalue weighted by molar-refractivity contribution is 0.0791. The van der Waals surface area contributed by atoms with Crippen LogP contribution in [-0.2, 0) is 19.4 Å². The van der Waals surface area contributed by atoms with Crippen molar-refractivity contribution in [2.45, 2.75) is 32.7 Å². The highest BCUT2D eigenvalue weighted by Crippen LogP contribution is 2.15. The number of aryl methyl sites for hydroxylation is 3. The van der Waals surface area contributed by atoms with Gasteiger partial charge >= 0.3 is 0 Å². The molecule has 0 spiro atoms. The Morgan fingerprint density at radius 2 is 2.19 bits per heavy atom. The Hall–Kier alpha value is -2.10. The molecular weight excluding hydrogens is 262 g/mol. The molecule has 1 aliphatic heterocycles. The van der Waals surface area contributed by atoms with Crippen molar-refractivity contribution in [2.75, 3.05) is 13.6 Å². The maximum absolute atomic E-state index is 12.4. The molecule has 1 aromatic carbocycles. The van der Waals surface area contributed by atoms with Crippen molar-refractivity contribution in [3.05, 3.63) is 53.1 Å². The Morgan fingerprint density at radius 3 is 2.95 bits per heavy atom. The molecule has 110 valence electrons. The molecule has 0 unspecified atom stereocenters. The SMILES string of the molecule is Cc1ccccc1CCN(C)C(=O)c1cn2c(n1)CCC2. The van der Waals surface area contributed by atoms with Gasteiger partial charge in [-0.1, -0.05) is 24.3 Å². The number of imidazole rings is 1. The third kappa shape index (κ3) is 2.84. The molecule has 0 radical (unpaired) electrons. The topological polar surface area (TPSA) is 38.1 Å². The van der Waals surface area contributed by atoms with Crippen LogP contribution in [0, 0.1) is 6.92 Å². The second-order valence-electron chi connectivity index (χ2n) is 5.74. The average molecular weight is 283 g/mol. The van der Waals surface area contributed by atoms with Gasteiger partial charge in [0.2, 0.25) is 0 Å². The van der Waals surface area contributed by atoms with Gasteiger partial charge in [-0.25, -0.2) is 4.98 Å². The highest BCUT2D eigenvalue weighted by molar-refractivity contribution is 5.92. The lowest BCUT2D eigenvalue weighted by atomic mass is 10.1. The van der Waals surface area contributed by atoms with Crippen LogP contribution in [0.3, 0.4) is 0 Å². The maximum atomic E-state index is 12.4. The Morgan fingerprint density at radius 1 is 1.38 bits per heavy atom. The number of carbonyl (C=O) groups excluding carboxylic acids is 1. The van der Waals surface area contributed by atoms with Crippen LogP contribution in [0.2, 0.25) is 0 Å². The van der Waals surface area contributed by atoms with E-state index in [9.17, 15) is 4.79 Å². The van der Waals surface area contributed by atoms with Crippen LogP contribution in [0.4, 0.5) is 0 Å². The standard InChI is InChI=1S/C17H21N3O/c1-13-6-3-4-7-14(13)9-11-19(2)17(21)15-12-20-10-5-8-16(20)18-15/h3-4,6-7,12H,5,8-11H2,1-2H3. The van der Waals surface area contributed by atoms with Crippen molar-refractivity contribution in [1.82, 2.24) is 14.5 Å². The van der Waals surface area contributed by atoms with Gasteiger partial charge in [0.05, 0.1) is 0 Å². The predicted octanol–water partition coefficient (Wildman–Crippen LogP) is 2.45. The Kier molecular flexibility index (Phi) is 3.78. The van der Waals surface area contributed by atoms with Crippen LogP contribution in [0.5, 0.6) is 0 Å². The zero-order valence-electron chi connectivity index (χ0n) is 12.7. The molecule has 2 heterocycles. The van der Waals surface area contributed by atoms with Gasteiger partial charge in [0.1, 0.15) is 11.5 Å². The second kappa shape index (κ2) is 5.72. The van der Waals surface area contributed by atoms with Crippen LogP contribution in [0.25, 0.3) is 0 Å². The number of hydrogen-bond acceptors (Lipinski definition) is 2. The summed E-state index contributed by atoms with van der Waals surface area (Å²) < 4.78 is 2.10. The molecule has 0 saturated heterocycles. The molecular formula is C17H21N3O. The highest BCUT2D eigenvalue weighted by Gasteiger charge is 2.20. The third-order valence-corrected chi connectivity index (χ3v) is 4.20. The number of aromatic nitrogens is 2. The normalized spacial score (nSPS) is 13.2. The highest BCUT2D eigenvalue weighted by atomic mass is 16.2. The van der Waals surface area contributed by atoms with E-state index in [1.54, 1.807) is 4.90 Å². The number of benzene rings is 1. The number of fused-ring (bicyclic) bond motifs is 1. The molecule has 2 aromatic rings. The summed E-state index contributed by atoms with van der Waals surface area (Å²) in [6, 6.07) is 8.32. The van der Waals surface area contributed by atoms with E-state index in [4.69, 9.17) is 0 Å². The van der Waals surface area contributed by atoms with Gasteiger partial charge in [-0.2, -0.15) is 0 Å². The molecule has 0 atom stereocenters. The molecule has 1 aliphatic rings. The van der Waals surface area contributed by atoms with Gasteiger partial charge in [-0.05, 0) is 30.9 Å². The molecule has 0 fully saturated rings. The lowest BCUT2D eigenvalue weighted by Crippen LogP contribution is -2.29. The monoisotopic (exact) mass is 283 g/mol. The fourth-order valence-corrected chi connectivity index (χ4v) is 2.83. The lowest BCUT2D eigenvalue weighted by Gasteiger charge is -2.16. The van der Waals surface area contributed by atoms with E-state index in [-0.39, 0.29) is 5.91 Å². The van der Waals surface area contributed by atoms with Gasteiger partial charge in [-0.3, -0.25) is 4.79 Å². The first kappa shape index (κ1) is 13.9. The predicted molar refractivity (Wildman–Crippen MR) is 82.4 cm³/mol. The molecule has 1 aromatic heterocycles. The molecule has 0 bridgehead atoms. The quantitative estimate of drug-likeness (QED) is 0.864. The van der Waals surface area contributed by atoms with E-state index < -0.39 is 0 Å². The molecule has 4 heteroatoms. The van der Waals surface area contributed by atoms with Gasteiger partial charge in [0.15, 0.2) is 0 Å². The van der Waals surface area contributed by atoms with Crippen LogP contribution in [0.1, 0.15) is 33.9 Å². The number of likely N-dealkylation sites (N-methyl/N-ethyl adjacent to an activating group) is 1. The minimum absolute atomic E-state index is 0.0190. The van der Waals surface area contributed by atoms with E-state index in [0.717, 1.165) is 31.6 Å². The van der Waals surface area contributed by atoms with Gasteiger partial charge in [0, 0.05) is 32.8 Å². The summed E-state index contributed by atoms with van der Waals surface area (Å²) in [5.41, 5.74) is 3.15. The van der Waals surface area contributed by atoms with Crippen molar-refractivity contribution in [3.63, 3.8) is 0 Å². The van der Waals surface area contributed by atoms with Crippen molar-refractivity contribution >= 4 is 5.91 Å². The first-order valence-electron chi connectivity index (χ1n) is 7.51. The summed E-state index contributed by atoms with van der Waals surface area (Å²) in [5, 5.41) is 0. The number of amides is 1. The molecule has 3 rings (SSSR count). The molecule has 0 saturated carbocycles. The van der Waals surface area contributed by atoms with E-state index in [1.165, 1.54) is 11.1 Å². The van der Waals surface area contributed by atoms with Crippen molar-refractivity contribution < 1.29 is 4.79 Å². The minimum Gasteiger partial charge on any atom is -0.340 e. The van der Waals surface area contributed by atoms with E-state index in [2.05, 4.69) is 28.6 Å². The molecule has 1 amide bonds. The molecule has 4 nitrogen and oxygen atoms in total. The zero-order chi connectivity index (χ0) is 14.8. The summed E-state index contributed by atoms with van der Waals surface area (Å²) >= 11 is 0. The largest absolute Gasteiger partial charge is 0.340 e. The van der Waals surface area contributed by atoms with Crippen LogP contribution < -0.4 is 0 Å². The van der Waals surface area contributed by atoms with E-state index >= 15 is 0 Å². The molecule has 21 heavy (non-hydrogen) atoms. The molecule has 0 N–H and O–H groups in total. The number of nitrogens with zero attached hydrogens (tertiary/aromatic N) is 3. The van der Waals surface area contributed by atoms with E-state index in [1.807, 2.05) is 25.4 Å². The average Bonchev–Trinajstić information content (AvgIpc) is 3.06. The summed E-state index contributed by atoms with van der Waals surface area (Å²) in [7, 11) is 1.85. The fourth-order valence-electron chi connectivity index (χ4n) is 2.83. The zero-order valence-corrected chi connectivity index (χ0v) is 12.7. The first-order chi connectivity index (χ1) is 10.1. The molecule has 0 aliphatic carbocycles. The number of hydrogen-bond donors (Lipinski definition) is 0. The smallest absolute Gasteiger partial charge is 0.273 e. The maximum Gasteiger partial charge on any atom is 0.273 e. The van der Waals surface area contributed by atoms with Gasteiger partial charge < -0.3 is 9.47 Å². The van der Waals surface area contributed by atoms with Crippen molar-refractivity contribution in [3.8, 4) is 0 Å². The van der Waals surface area contributed by atoms with Crippen LogP contribution in [0.15, 0.2) is 30.5 Å². The van der Waals surface area contributed by atoms with E-state index in [0.29, 0.717) is 12.2 Å². The van der Waals surface area contributed by atoms with Crippen molar-refractivity contribution in [1.29, 1.82) is 0 Å². The fraction of sp³-hybridized carbons (Fsp3) is 0.412. The summed E-state index contributed by atoms with van der Waals surface area (Å²) in [6.07, 6.45) is 4.90. The first-order valence-corrected chi connectivity index (χ1v) is 7.51. The number of carbonyl (C=O) groups is 1.